The Morgan fingerprint density at radius 3 is 2.76 bits per heavy atom. The Hall–Kier alpha value is -1.82. The van der Waals surface area contributed by atoms with Crippen LogP contribution in [0, 0.1) is 0 Å². The van der Waals surface area contributed by atoms with E-state index >= 15 is 0 Å². The number of carboxylic acids is 1. The SMILES string of the molecule is CCc1ccccc1NS(=O)(=O)C1CCCC=C1C(=O)O. The Balaban J connectivity index is 2.32. The van der Waals surface area contributed by atoms with Gasteiger partial charge in [0.2, 0.25) is 10.0 Å². The van der Waals surface area contributed by atoms with Gasteiger partial charge in [0.15, 0.2) is 0 Å². The van der Waals surface area contributed by atoms with E-state index < -0.39 is 21.2 Å². The lowest BCUT2D eigenvalue weighted by atomic mass is 9.99. The number of allylic oxidation sites excluding steroid dienone is 1. The highest BCUT2D eigenvalue weighted by Gasteiger charge is 2.34. The van der Waals surface area contributed by atoms with E-state index in [1.807, 2.05) is 19.1 Å². The fraction of sp³-hybridized carbons (Fsp3) is 0.400. The summed E-state index contributed by atoms with van der Waals surface area (Å²) in [6.07, 6.45) is 3.84. The second-order valence-corrected chi connectivity index (χ2v) is 6.91. The lowest BCUT2D eigenvalue weighted by molar-refractivity contribution is -0.132. The van der Waals surface area contributed by atoms with E-state index in [-0.39, 0.29) is 5.57 Å². The Kier molecular flexibility index (Phi) is 4.67. The van der Waals surface area contributed by atoms with E-state index in [2.05, 4.69) is 4.72 Å². The average molecular weight is 309 g/mol. The van der Waals surface area contributed by atoms with Crippen molar-refractivity contribution >= 4 is 21.7 Å². The maximum absolute atomic E-state index is 12.5. The molecule has 0 spiro atoms. The van der Waals surface area contributed by atoms with E-state index in [1.54, 1.807) is 12.1 Å². The molecular weight excluding hydrogens is 290 g/mol. The second kappa shape index (κ2) is 6.30. The van der Waals surface area contributed by atoms with Gasteiger partial charge in [-0.25, -0.2) is 13.2 Å². The van der Waals surface area contributed by atoms with Crippen molar-refractivity contribution in [3.05, 3.63) is 41.5 Å². The van der Waals surface area contributed by atoms with Crippen LogP contribution in [0.2, 0.25) is 0 Å². The smallest absolute Gasteiger partial charge is 0.332 e. The molecule has 1 atom stereocenters. The molecule has 0 aromatic heterocycles. The summed E-state index contributed by atoms with van der Waals surface area (Å²) in [4.78, 5) is 11.2. The summed E-state index contributed by atoms with van der Waals surface area (Å²) in [6.45, 7) is 1.94. The van der Waals surface area contributed by atoms with Crippen molar-refractivity contribution in [1.82, 2.24) is 0 Å². The Bertz CT molecular complexity index is 664. The van der Waals surface area contributed by atoms with Crippen molar-refractivity contribution in [2.45, 2.75) is 37.9 Å². The van der Waals surface area contributed by atoms with Crippen LogP contribution in [-0.2, 0) is 21.2 Å². The van der Waals surface area contributed by atoms with Gasteiger partial charge < -0.3 is 5.11 Å². The van der Waals surface area contributed by atoms with Gasteiger partial charge in [-0.1, -0.05) is 31.2 Å². The Labute approximate surface area is 124 Å². The first-order chi connectivity index (χ1) is 9.95. The van der Waals surface area contributed by atoms with E-state index in [4.69, 9.17) is 0 Å². The van der Waals surface area contributed by atoms with Crippen molar-refractivity contribution in [3.8, 4) is 0 Å². The topological polar surface area (TPSA) is 83.5 Å². The number of rotatable bonds is 5. The molecule has 114 valence electrons. The monoisotopic (exact) mass is 309 g/mol. The molecule has 1 aromatic carbocycles. The van der Waals surface area contributed by atoms with E-state index in [0.717, 1.165) is 5.56 Å². The summed E-state index contributed by atoms with van der Waals surface area (Å²) in [5.41, 5.74) is 1.38. The number of carbonyl (C=O) groups is 1. The molecule has 1 aliphatic carbocycles. The summed E-state index contributed by atoms with van der Waals surface area (Å²) in [5.74, 6) is -1.16. The van der Waals surface area contributed by atoms with Crippen LogP contribution < -0.4 is 4.72 Å². The summed E-state index contributed by atoms with van der Waals surface area (Å²) in [7, 11) is -3.76. The number of carboxylic acid groups (broad SMARTS) is 1. The van der Waals surface area contributed by atoms with Crippen molar-refractivity contribution in [2.75, 3.05) is 4.72 Å². The molecule has 2 rings (SSSR count). The Morgan fingerprint density at radius 2 is 2.10 bits per heavy atom. The van der Waals surface area contributed by atoms with E-state index in [9.17, 15) is 18.3 Å². The molecule has 0 heterocycles. The van der Waals surface area contributed by atoms with Crippen molar-refractivity contribution in [2.24, 2.45) is 0 Å². The largest absolute Gasteiger partial charge is 0.478 e. The van der Waals surface area contributed by atoms with Gasteiger partial charge in [-0.15, -0.1) is 0 Å². The molecular formula is C15H19NO4S. The molecule has 0 bridgehead atoms. The predicted octanol–water partition coefficient (Wildman–Crippen LogP) is 2.55. The van der Waals surface area contributed by atoms with Gasteiger partial charge in [-0.3, -0.25) is 4.72 Å². The molecule has 6 heteroatoms. The van der Waals surface area contributed by atoms with Gasteiger partial charge in [0.1, 0.15) is 5.25 Å². The molecule has 5 nitrogen and oxygen atoms in total. The summed E-state index contributed by atoms with van der Waals surface area (Å²) in [6, 6.07) is 7.15. The summed E-state index contributed by atoms with van der Waals surface area (Å²) < 4.78 is 27.6. The van der Waals surface area contributed by atoms with Gasteiger partial charge in [0.25, 0.3) is 0 Å². The zero-order valence-electron chi connectivity index (χ0n) is 11.9. The van der Waals surface area contributed by atoms with Crippen LogP contribution in [0.25, 0.3) is 0 Å². The van der Waals surface area contributed by atoms with E-state index in [0.29, 0.717) is 31.4 Å². The highest BCUT2D eigenvalue weighted by molar-refractivity contribution is 7.93. The number of aliphatic carboxylic acids is 1. The number of aryl methyl sites for hydroxylation is 1. The highest BCUT2D eigenvalue weighted by atomic mass is 32.2. The number of hydrogen-bond acceptors (Lipinski definition) is 3. The third-order valence-electron chi connectivity index (χ3n) is 3.65. The molecule has 0 amide bonds. The first-order valence-electron chi connectivity index (χ1n) is 6.98. The zero-order chi connectivity index (χ0) is 15.5. The summed E-state index contributed by atoms with van der Waals surface area (Å²) in [5, 5.41) is 8.19. The third-order valence-corrected chi connectivity index (χ3v) is 5.40. The van der Waals surface area contributed by atoms with Gasteiger partial charge in [0, 0.05) is 0 Å². The van der Waals surface area contributed by atoms with Crippen LogP contribution in [-0.4, -0.2) is 24.7 Å². The Morgan fingerprint density at radius 1 is 1.38 bits per heavy atom. The first kappa shape index (κ1) is 15.6. The number of benzene rings is 1. The molecule has 1 aromatic rings. The average Bonchev–Trinajstić information content (AvgIpc) is 2.47. The quantitative estimate of drug-likeness (QED) is 0.875. The van der Waals surface area contributed by atoms with Crippen molar-refractivity contribution < 1.29 is 18.3 Å². The fourth-order valence-corrected chi connectivity index (χ4v) is 4.20. The molecule has 21 heavy (non-hydrogen) atoms. The number of sulfonamides is 1. The normalized spacial score (nSPS) is 18.9. The fourth-order valence-electron chi connectivity index (χ4n) is 2.55. The molecule has 0 saturated carbocycles. The number of anilines is 1. The predicted molar refractivity (Wildman–Crippen MR) is 81.7 cm³/mol. The second-order valence-electron chi connectivity index (χ2n) is 5.04. The van der Waals surface area contributed by atoms with Gasteiger partial charge in [-0.05, 0) is 37.3 Å². The maximum atomic E-state index is 12.5. The molecule has 0 aliphatic heterocycles. The van der Waals surface area contributed by atoms with E-state index in [1.165, 1.54) is 6.08 Å². The lowest BCUT2D eigenvalue weighted by Gasteiger charge is -2.23. The minimum atomic E-state index is -3.76. The highest BCUT2D eigenvalue weighted by Crippen LogP contribution is 2.27. The number of nitrogens with one attached hydrogen (secondary N) is 1. The van der Waals surface area contributed by atoms with Gasteiger partial charge in [-0.2, -0.15) is 0 Å². The third kappa shape index (κ3) is 3.44. The first-order valence-corrected chi connectivity index (χ1v) is 8.53. The molecule has 1 unspecified atom stereocenters. The van der Waals surface area contributed by atoms with Crippen LogP contribution in [0.4, 0.5) is 5.69 Å². The van der Waals surface area contributed by atoms with Crippen LogP contribution in [0.5, 0.6) is 0 Å². The maximum Gasteiger partial charge on any atom is 0.332 e. The molecule has 0 saturated heterocycles. The zero-order valence-corrected chi connectivity index (χ0v) is 12.7. The molecule has 0 fully saturated rings. The van der Waals surface area contributed by atoms with Crippen LogP contribution in [0.15, 0.2) is 35.9 Å². The molecule has 2 N–H and O–H groups in total. The molecule has 1 aliphatic rings. The number of para-hydroxylation sites is 1. The minimum Gasteiger partial charge on any atom is -0.478 e. The van der Waals surface area contributed by atoms with Gasteiger partial charge in [0.05, 0.1) is 11.3 Å². The van der Waals surface area contributed by atoms with Crippen molar-refractivity contribution in [1.29, 1.82) is 0 Å². The van der Waals surface area contributed by atoms with Crippen LogP contribution in [0.1, 0.15) is 31.7 Å². The molecule has 0 radical (unpaired) electrons. The standard InChI is InChI=1S/C15H19NO4S/c1-2-11-7-3-5-9-13(11)16-21(19,20)14-10-6-4-8-12(14)15(17)18/h3,5,7-9,14,16H,2,4,6,10H2,1H3,(H,17,18). The van der Waals surface area contributed by atoms with Gasteiger partial charge >= 0.3 is 5.97 Å². The minimum absolute atomic E-state index is 0.0253. The van der Waals surface area contributed by atoms with Crippen LogP contribution >= 0.6 is 0 Å². The number of hydrogen-bond donors (Lipinski definition) is 2. The van der Waals surface area contributed by atoms with Crippen molar-refractivity contribution in [3.63, 3.8) is 0 Å². The van der Waals surface area contributed by atoms with Crippen LogP contribution in [0.3, 0.4) is 0 Å². The lowest BCUT2D eigenvalue weighted by Crippen LogP contribution is -2.34. The summed E-state index contributed by atoms with van der Waals surface area (Å²) >= 11 is 0.